The topological polar surface area (TPSA) is 9.23 Å². The minimum absolute atomic E-state index is 1.45. The average Bonchev–Trinajstić information content (AvgIpc) is 2.39. The van der Waals surface area contributed by atoms with Crippen molar-refractivity contribution in [1.29, 1.82) is 0 Å². The SMILES string of the molecule is C#CC#CC#CC#CC#CC#CC#CC#COC. The van der Waals surface area contributed by atoms with E-state index >= 15 is 0 Å². The van der Waals surface area contributed by atoms with Gasteiger partial charge in [0, 0.05) is 41.4 Å². The average molecular weight is 224 g/mol. The van der Waals surface area contributed by atoms with E-state index in [0.717, 1.165) is 0 Å². The second-order valence-electron chi connectivity index (χ2n) is 2.08. The molecular formula is C17H4O. The van der Waals surface area contributed by atoms with Crippen molar-refractivity contribution in [2.45, 2.75) is 0 Å². The van der Waals surface area contributed by atoms with E-state index in [0.29, 0.717) is 0 Å². The monoisotopic (exact) mass is 224 g/mol. The van der Waals surface area contributed by atoms with Crippen molar-refractivity contribution in [1.82, 2.24) is 0 Å². The van der Waals surface area contributed by atoms with E-state index in [4.69, 9.17) is 6.42 Å². The highest BCUT2D eigenvalue weighted by molar-refractivity contribution is 5.45. The van der Waals surface area contributed by atoms with Crippen molar-refractivity contribution >= 4 is 0 Å². The fourth-order valence-electron chi connectivity index (χ4n) is 0.456. The van der Waals surface area contributed by atoms with E-state index in [9.17, 15) is 0 Å². The highest BCUT2D eigenvalue weighted by atomic mass is 16.5. The van der Waals surface area contributed by atoms with Crippen LogP contribution in [-0.4, -0.2) is 7.11 Å². The summed E-state index contributed by atoms with van der Waals surface area (Å²) in [6, 6.07) is 0. The summed E-state index contributed by atoms with van der Waals surface area (Å²) in [6.07, 6.45) is 7.18. The Morgan fingerprint density at radius 2 is 0.889 bits per heavy atom. The molecule has 0 N–H and O–H groups in total. The van der Waals surface area contributed by atoms with Crippen molar-refractivity contribution in [3.63, 3.8) is 0 Å². The maximum Gasteiger partial charge on any atom is 0.124 e. The van der Waals surface area contributed by atoms with Crippen molar-refractivity contribution in [3.8, 4) is 95.4 Å². The molecule has 0 rings (SSSR count). The lowest BCUT2D eigenvalue weighted by molar-refractivity contribution is 0.372. The lowest BCUT2D eigenvalue weighted by Crippen LogP contribution is -1.62. The van der Waals surface area contributed by atoms with Crippen LogP contribution in [0.3, 0.4) is 0 Å². The molecule has 0 amide bonds. The molecule has 18 heavy (non-hydrogen) atoms. The van der Waals surface area contributed by atoms with Gasteiger partial charge in [-0.2, -0.15) is 0 Å². The first kappa shape index (κ1) is 14.3. The largest absolute Gasteiger partial charge is 0.449 e. The van der Waals surface area contributed by atoms with Crippen molar-refractivity contribution in [3.05, 3.63) is 0 Å². The molecule has 0 fully saturated rings. The van der Waals surface area contributed by atoms with Crippen LogP contribution in [0.1, 0.15) is 0 Å². The molecule has 0 spiro atoms. The van der Waals surface area contributed by atoms with E-state index in [1.54, 1.807) is 0 Å². The Balaban J connectivity index is 4.25. The quantitative estimate of drug-likeness (QED) is 0.536. The summed E-state index contributed by atoms with van der Waals surface area (Å²) in [5.74, 6) is 33.9. The van der Waals surface area contributed by atoms with Gasteiger partial charge in [-0.15, -0.1) is 6.42 Å². The third kappa shape index (κ3) is 12.3. The maximum atomic E-state index is 4.88. The summed E-state index contributed by atoms with van der Waals surface area (Å²) in [4.78, 5) is 0. The molecule has 0 aromatic carbocycles. The molecule has 1 nitrogen and oxygen atoms in total. The summed E-state index contributed by atoms with van der Waals surface area (Å²) in [7, 11) is 1.45. The molecule has 0 bridgehead atoms. The van der Waals surface area contributed by atoms with Crippen LogP contribution in [0.2, 0.25) is 0 Å². The van der Waals surface area contributed by atoms with Crippen LogP contribution < -0.4 is 0 Å². The van der Waals surface area contributed by atoms with Gasteiger partial charge >= 0.3 is 0 Å². The zero-order chi connectivity index (χ0) is 13.3. The van der Waals surface area contributed by atoms with Crippen molar-refractivity contribution < 1.29 is 4.74 Å². The Kier molecular flexibility index (Phi) is 10.5. The van der Waals surface area contributed by atoms with Crippen LogP contribution in [-0.2, 0) is 4.74 Å². The van der Waals surface area contributed by atoms with Gasteiger partial charge in [-0.25, -0.2) is 0 Å². The molecule has 0 aromatic heterocycles. The third-order valence-corrected chi connectivity index (χ3v) is 0.975. The number of methoxy groups -OCH3 is 1. The van der Waals surface area contributed by atoms with Gasteiger partial charge in [0.25, 0.3) is 0 Å². The summed E-state index contributed by atoms with van der Waals surface area (Å²) in [5.41, 5.74) is 0. The fraction of sp³-hybridized carbons (Fsp3) is 0.0588. The predicted molar refractivity (Wildman–Crippen MR) is 70.3 cm³/mol. The number of hydrogen-bond donors (Lipinski definition) is 0. The molecular weight excluding hydrogens is 220 g/mol. The second kappa shape index (κ2) is 13.3. The Bertz CT molecular complexity index is 754. The minimum Gasteiger partial charge on any atom is -0.449 e. The van der Waals surface area contributed by atoms with Crippen LogP contribution >= 0.6 is 0 Å². The third-order valence-electron chi connectivity index (χ3n) is 0.975. The summed E-state index contributed by atoms with van der Waals surface area (Å²) in [5, 5.41) is 0. The van der Waals surface area contributed by atoms with Crippen molar-refractivity contribution in [2.75, 3.05) is 7.11 Å². The maximum absolute atomic E-state index is 4.88. The van der Waals surface area contributed by atoms with Crippen LogP contribution in [0.25, 0.3) is 0 Å². The Morgan fingerprint density at radius 3 is 1.22 bits per heavy atom. The van der Waals surface area contributed by atoms with Crippen molar-refractivity contribution in [2.24, 2.45) is 0 Å². The lowest BCUT2D eigenvalue weighted by atomic mass is 10.5. The molecule has 0 aliphatic rings. The molecule has 0 aliphatic carbocycles. The Morgan fingerprint density at radius 1 is 0.556 bits per heavy atom. The summed E-state index contributed by atoms with van der Waals surface area (Å²) >= 11 is 0. The molecule has 78 valence electrons. The molecule has 0 aromatic rings. The van der Waals surface area contributed by atoms with E-state index in [1.807, 2.05) is 0 Å². The van der Waals surface area contributed by atoms with Crippen LogP contribution in [0, 0.1) is 95.4 Å². The minimum atomic E-state index is 1.45. The molecule has 0 heterocycles. The number of terminal acetylenes is 1. The highest BCUT2D eigenvalue weighted by Gasteiger charge is 1.58. The smallest absolute Gasteiger partial charge is 0.124 e. The fourth-order valence-corrected chi connectivity index (χ4v) is 0.456. The standard InChI is InChI=1S/C17H4O/c1-3-4-5-6-7-8-9-10-11-12-13-14-15-16-17-18-2/h1H,2H3. The van der Waals surface area contributed by atoms with E-state index < -0.39 is 0 Å². The molecule has 0 radical (unpaired) electrons. The lowest BCUT2D eigenvalue weighted by Gasteiger charge is -1.69. The summed E-state index contributed by atoms with van der Waals surface area (Å²) < 4.78 is 4.46. The van der Waals surface area contributed by atoms with E-state index in [1.165, 1.54) is 7.11 Å². The molecule has 1 heteroatoms. The summed E-state index contributed by atoms with van der Waals surface area (Å²) in [6.45, 7) is 0. The molecule has 0 saturated heterocycles. The first-order valence-electron chi connectivity index (χ1n) is 4.40. The first-order valence-corrected chi connectivity index (χ1v) is 4.40. The van der Waals surface area contributed by atoms with E-state index in [-0.39, 0.29) is 0 Å². The molecule has 0 atom stereocenters. The van der Waals surface area contributed by atoms with Gasteiger partial charge in [0.2, 0.25) is 0 Å². The van der Waals surface area contributed by atoms with Gasteiger partial charge in [0.15, 0.2) is 0 Å². The van der Waals surface area contributed by atoms with Gasteiger partial charge in [-0.3, -0.25) is 0 Å². The zero-order valence-electron chi connectivity index (χ0n) is 9.49. The molecule has 0 aliphatic heterocycles. The van der Waals surface area contributed by atoms with Gasteiger partial charge in [-0.1, -0.05) is 0 Å². The van der Waals surface area contributed by atoms with Gasteiger partial charge in [0.05, 0.1) is 7.11 Å². The van der Waals surface area contributed by atoms with E-state index in [2.05, 4.69) is 93.7 Å². The van der Waals surface area contributed by atoms with Crippen LogP contribution in [0.5, 0.6) is 0 Å². The van der Waals surface area contributed by atoms with Crippen LogP contribution in [0.4, 0.5) is 0 Å². The second-order valence-corrected chi connectivity index (χ2v) is 2.08. The Hall–Kier alpha value is -3.72. The first-order chi connectivity index (χ1) is 8.91. The number of ether oxygens (including phenoxy) is 1. The highest BCUT2D eigenvalue weighted by Crippen LogP contribution is 1.58. The van der Waals surface area contributed by atoms with Gasteiger partial charge < -0.3 is 4.74 Å². The molecule has 0 unspecified atom stereocenters. The Labute approximate surface area is 108 Å². The predicted octanol–water partition coefficient (Wildman–Crippen LogP) is 0.247. The zero-order valence-corrected chi connectivity index (χ0v) is 9.49. The van der Waals surface area contributed by atoms with Crippen LogP contribution in [0.15, 0.2) is 0 Å². The molecule has 0 saturated carbocycles. The van der Waals surface area contributed by atoms with Gasteiger partial charge in [0.1, 0.15) is 6.11 Å². The number of hydrogen-bond acceptors (Lipinski definition) is 1. The normalized spacial score (nSPS) is 4.00. The van der Waals surface area contributed by atoms with Gasteiger partial charge in [-0.05, 0) is 41.4 Å². The number of rotatable bonds is 0.